The molecule has 2 rings (SSSR count). The Morgan fingerprint density at radius 1 is 1.40 bits per heavy atom. The minimum Gasteiger partial charge on any atom is -0.207 e. The second-order valence-corrected chi connectivity index (χ2v) is 7.20. The molecule has 0 spiro atoms. The largest absolute Gasteiger partial charge is 0.244 e. The molecule has 0 N–H and O–H groups in total. The Bertz CT molecular complexity index is 673. The zero-order valence-electron chi connectivity index (χ0n) is 10.3. The molecule has 108 valence electrons. The van der Waals surface area contributed by atoms with E-state index in [-0.39, 0.29) is 22.4 Å². The van der Waals surface area contributed by atoms with Crippen LogP contribution in [0.15, 0.2) is 17.0 Å². The molecule has 1 atom stereocenters. The van der Waals surface area contributed by atoms with Crippen LogP contribution in [0.4, 0.5) is 4.39 Å². The highest BCUT2D eigenvalue weighted by atomic mass is 35.5. The topological polar surface area (TPSA) is 61.2 Å². The molecule has 0 amide bonds. The number of benzene rings is 1. The standard InChI is InChI=1S/C12H11Cl2FN2O2S/c13-9-3-4-10(11(14)12(9)15)20(18,19)17-5-1-2-8(6-16)7-17/h3-4,8H,1-2,5,7H2. The van der Waals surface area contributed by atoms with Gasteiger partial charge in [-0.1, -0.05) is 23.2 Å². The van der Waals surface area contributed by atoms with Crippen LogP contribution < -0.4 is 0 Å². The number of hydrogen-bond donors (Lipinski definition) is 0. The average molecular weight is 337 g/mol. The van der Waals surface area contributed by atoms with Gasteiger partial charge in [-0.3, -0.25) is 0 Å². The molecule has 0 radical (unpaired) electrons. The third kappa shape index (κ3) is 2.77. The van der Waals surface area contributed by atoms with Gasteiger partial charge in [-0.15, -0.1) is 0 Å². The van der Waals surface area contributed by atoms with E-state index in [4.69, 9.17) is 28.5 Å². The number of nitrogens with zero attached hydrogens (tertiary/aromatic N) is 2. The van der Waals surface area contributed by atoms with E-state index in [1.165, 1.54) is 10.4 Å². The quantitative estimate of drug-likeness (QED) is 0.779. The first-order chi connectivity index (χ1) is 9.37. The Morgan fingerprint density at radius 2 is 2.10 bits per heavy atom. The second kappa shape index (κ2) is 5.86. The molecule has 1 aromatic rings. The number of sulfonamides is 1. The molecule has 8 heteroatoms. The van der Waals surface area contributed by atoms with Crippen LogP contribution in [0.25, 0.3) is 0 Å². The smallest absolute Gasteiger partial charge is 0.207 e. The highest BCUT2D eigenvalue weighted by Gasteiger charge is 2.32. The fourth-order valence-corrected chi connectivity index (χ4v) is 4.36. The van der Waals surface area contributed by atoms with Gasteiger partial charge in [0.25, 0.3) is 0 Å². The van der Waals surface area contributed by atoms with Gasteiger partial charge >= 0.3 is 0 Å². The fourth-order valence-electron chi connectivity index (χ4n) is 2.11. The van der Waals surface area contributed by atoms with Crippen LogP contribution in [0.5, 0.6) is 0 Å². The maximum Gasteiger partial charge on any atom is 0.244 e. The van der Waals surface area contributed by atoms with Gasteiger partial charge in [0.15, 0.2) is 5.82 Å². The molecule has 0 aromatic heterocycles. The van der Waals surface area contributed by atoms with Crippen LogP contribution >= 0.6 is 23.2 Å². The van der Waals surface area contributed by atoms with E-state index in [1.54, 1.807) is 0 Å². The average Bonchev–Trinajstić information content (AvgIpc) is 2.44. The second-order valence-electron chi connectivity index (χ2n) is 4.50. The first kappa shape index (κ1) is 15.5. The van der Waals surface area contributed by atoms with Crippen molar-refractivity contribution >= 4 is 33.2 Å². The molecule has 1 aliphatic rings. The Hall–Kier alpha value is -0.870. The summed E-state index contributed by atoms with van der Waals surface area (Å²) in [4.78, 5) is -0.320. The van der Waals surface area contributed by atoms with E-state index >= 15 is 0 Å². The highest BCUT2D eigenvalue weighted by molar-refractivity contribution is 7.89. The van der Waals surface area contributed by atoms with E-state index < -0.39 is 20.9 Å². The van der Waals surface area contributed by atoms with Crippen molar-refractivity contribution < 1.29 is 12.8 Å². The van der Waals surface area contributed by atoms with Crippen LogP contribution in [-0.2, 0) is 10.0 Å². The summed E-state index contributed by atoms with van der Waals surface area (Å²) in [7, 11) is -3.92. The predicted molar refractivity (Wildman–Crippen MR) is 73.5 cm³/mol. The fraction of sp³-hybridized carbons (Fsp3) is 0.417. The molecule has 0 saturated carbocycles. The van der Waals surface area contributed by atoms with Gasteiger partial charge in [0.1, 0.15) is 4.90 Å². The van der Waals surface area contributed by atoms with Gasteiger partial charge in [0, 0.05) is 13.1 Å². The molecular weight excluding hydrogens is 326 g/mol. The van der Waals surface area contributed by atoms with Crippen molar-refractivity contribution in [3.8, 4) is 6.07 Å². The predicted octanol–water partition coefficient (Wildman–Crippen LogP) is 3.06. The first-order valence-corrected chi connectivity index (χ1v) is 8.10. The minimum atomic E-state index is -3.92. The summed E-state index contributed by atoms with van der Waals surface area (Å²) in [6.45, 7) is 0.389. The third-order valence-electron chi connectivity index (χ3n) is 3.18. The number of hydrogen-bond acceptors (Lipinski definition) is 3. The van der Waals surface area contributed by atoms with Crippen LogP contribution in [0, 0.1) is 23.1 Å². The molecule has 0 aliphatic carbocycles. The zero-order chi connectivity index (χ0) is 14.9. The maximum atomic E-state index is 13.6. The van der Waals surface area contributed by atoms with Crippen LogP contribution in [0.1, 0.15) is 12.8 Å². The Morgan fingerprint density at radius 3 is 2.75 bits per heavy atom. The number of halogens is 3. The third-order valence-corrected chi connectivity index (χ3v) is 5.87. The lowest BCUT2D eigenvalue weighted by molar-refractivity contribution is 0.305. The van der Waals surface area contributed by atoms with Gasteiger partial charge in [0.2, 0.25) is 10.0 Å². The molecule has 1 aromatic carbocycles. The lowest BCUT2D eigenvalue weighted by atomic mass is 10.0. The Kier molecular flexibility index (Phi) is 4.55. The van der Waals surface area contributed by atoms with Gasteiger partial charge in [-0.2, -0.15) is 9.57 Å². The number of nitriles is 1. The molecule has 1 fully saturated rings. The van der Waals surface area contributed by atoms with Crippen molar-refractivity contribution in [3.63, 3.8) is 0 Å². The highest BCUT2D eigenvalue weighted by Crippen LogP contribution is 2.32. The maximum absolute atomic E-state index is 13.6. The Labute approximate surface area is 126 Å². The summed E-state index contributed by atoms with van der Waals surface area (Å²) < 4.78 is 39.7. The zero-order valence-corrected chi connectivity index (χ0v) is 12.6. The van der Waals surface area contributed by atoms with Crippen LogP contribution in [-0.4, -0.2) is 25.8 Å². The van der Waals surface area contributed by atoms with Gasteiger partial charge in [-0.05, 0) is 25.0 Å². The molecular formula is C12H11Cl2FN2O2S. The summed E-state index contributed by atoms with van der Waals surface area (Å²) in [5.41, 5.74) is 0. The number of rotatable bonds is 2. The lowest BCUT2D eigenvalue weighted by Gasteiger charge is -2.29. The minimum absolute atomic E-state index is 0.0966. The Balaban J connectivity index is 2.41. The summed E-state index contributed by atoms with van der Waals surface area (Å²) >= 11 is 11.3. The van der Waals surface area contributed by atoms with E-state index in [2.05, 4.69) is 6.07 Å². The van der Waals surface area contributed by atoms with Crippen molar-refractivity contribution in [1.29, 1.82) is 5.26 Å². The van der Waals surface area contributed by atoms with E-state index in [1.807, 2.05) is 0 Å². The van der Waals surface area contributed by atoms with Crippen molar-refractivity contribution in [2.75, 3.05) is 13.1 Å². The lowest BCUT2D eigenvalue weighted by Crippen LogP contribution is -2.39. The molecule has 0 bridgehead atoms. The van der Waals surface area contributed by atoms with Gasteiger partial charge < -0.3 is 0 Å². The summed E-state index contributed by atoms with van der Waals surface area (Å²) in [6.07, 6.45) is 1.25. The van der Waals surface area contributed by atoms with E-state index in [9.17, 15) is 12.8 Å². The molecule has 4 nitrogen and oxygen atoms in total. The summed E-state index contributed by atoms with van der Waals surface area (Å²) in [5.74, 6) is -1.31. The summed E-state index contributed by atoms with van der Waals surface area (Å²) in [6, 6.07) is 4.39. The summed E-state index contributed by atoms with van der Waals surface area (Å²) in [5, 5.41) is 8.15. The van der Waals surface area contributed by atoms with Crippen molar-refractivity contribution in [2.24, 2.45) is 5.92 Å². The van der Waals surface area contributed by atoms with Crippen LogP contribution in [0.2, 0.25) is 10.0 Å². The number of piperidine rings is 1. The molecule has 1 saturated heterocycles. The van der Waals surface area contributed by atoms with Crippen molar-refractivity contribution in [3.05, 3.63) is 28.0 Å². The monoisotopic (exact) mass is 336 g/mol. The molecule has 1 unspecified atom stereocenters. The van der Waals surface area contributed by atoms with Gasteiger partial charge in [-0.25, -0.2) is 12.8 Å². The molecule has 20 heavy (non-hydrogen) atoms. The SMILES string of the molecule is N#CC1CCCN(S(=O)(=O)c2ccc(Cl)c(F)c2Cl)C1. The van der Waals surface area contributed by atoms with Crippen LogP contribution in [0.3, 0.4) is 0 Å². The molecule has 1 heterocycles. The first-order valence-electron chi connectivity index (χ1n) is 5.91. The van der Waals surface area contributed by atoms with Crippen molar-refractivity contribution in [1.82, 2.24) is 4.31 Å². The normalized spacial score (nSPS) is 20.6. The van der Waals surface area contributed by atoms with E-state index in [0.717, 1.165) is 6.07 Å². The van der Waals surface area contributed by atoms with E-state index in [0.29, 0.717) is 19.4 Å². The van der Waals surface area contributed by atoms with Crippen molar-refractivity contribution in [2.45, 2.75) is 17.7 Å². The van der Waals surface area contributed by atoms with Gasteiger partial charge in [0.05, 0.1) is 22.0 Å². The molecule has 1 aliphatic heterocycles.